The van der Waals surface area contributed by atoms with Crippen LogP contribution in [0.15, 0.2) is 42.5 Å². The Morgan fingerprint density at radius 1 is 1.20 bits per heavy atom. The van der Waals surface area contributed by atoms with Gasteiger partial charge in [-0.25, -0.2) is 0 Å². The van der Waals surface area contributed by atoms with E-state index in [1.807, 2.05) is 43.3 Å². The molecule has 1 atom stereocenters. The number of nitrogen functional groups attached to an aromatic ring is 1. The van der Waals surface area contributed by atoms with Crippen molar-refractivity contribution in [2.75, 3.05) is 24.7 Å². The van der Waals surface area contributed by atoms with Gasteiger partial charge in [0.05, 0.1) is 10.8 Å². The molecule has 0 radical (unpaired) electrons. The molecule has 0 amide bonds. The Hall–Kier alpha value is -3.35. The standard InChI is InChI=1S/C18H17N3O4/c1-20(2)13-5-3-11(4-6-13)16-9-12(10-22)14-7-8-15(19)17(21(23)24)18(14)25-16/h3-10,12H,19H2,1-2H3. The summed E-state index contributed by atoms with van der Waals surface area (Å²) in [7, 11) is 3.85. The number of rotatable bonds is 4. The van der Waals surface area contributed by atoms with Gasteiger partial charge in [0.15, 0.2) is 0 Å². The molecule has 0 aliphatic carbocycles. The van der Waals surface area contributed by atoms with Gasteiger partial charge in [0.2, 0.25) is 5.75 Å². The lowest BCUT2D eigenvalue weighted by molar-refractivity contribution is -0.384. The van der Waals surface area contributed by atoms with Gasteiger partial charge in [-0.15, -0.1) is 0 Å². The van der Waals surface area contributed by atoms with Crippen LogP contribution < -0.4 is 15.4 Å². The average molecular weight is 339 g/mol. The SMILES string of the molecule is CN(C)c1ccc(C2=CC(C=O)c3ccc(N)c([N+](=O)[O-])c3O2)cc1. The first-order valence-electron chi connectivity index (χ1n) is 7.62. The van der Waals surface area contributed by atoms with Crippen LogP contribution >= 0.6 is 0 Å². The van der Waals surface area contributed by atoms with Gasteiger partial charge in [-0.1, -0.05) is 6.07 Å². The molecule has 0 fully saturated rings. The Morgan fingerprint density at radius 2 is 1.88 bits per heavy atom. The van der Waals surface area contributed by atoms with E-state index in [1.54, 1.807) is 12.1 Å². The fraction of sp³-hybridized carbons (Fsp3) is 0.167. The van der Waals surface area contributed by atoms with E-state index in [4.69, 9.17) is 10.5 Å². The van der Waals surface area contributed by atoms with Crippen molar-refractivity contribution >= 4 is 29.1 Å². The number of aldehydes is 1. The number of fused-ring (bicyclic) bond motifs is 1. The molecule has 2 aromatic rings. The molecule has 0 bridgehead atoms. The quantitative estimate of drug-likeness (QED) is 0.398. The Morgan fingerprint density at radius 3 is 2.44 bits per heavy atom. The summed E-state index contributed by atoms with van der Waals surface area (Å²) in [6, 6.07) is 10.5. The highest BCUT2D eigenvalue weighted by Gasteiger charge is 2.31. The molecular weight excluding hydrogens is 322 g/mol. The van der Waals surface area contributed by atoms with Crippen LogP contribution in [0.4, 0.5) is 17.1 Å². The van der Waals surface area contributed by atoms with Crippen molar-refractivity contribution in [3.63, 3.8) is 0 Å². The molecule has 25 heavy (non-hydrogen) atoms. The van der Waals surface area contributed by atoms with Crippen LogP contribution in [0, 0.1) is 10.1 Å². The van der Waals surface area contributed by atoms with Crippen LogP contribution in [0.25, 0.3) is 5.76 Å². The molecule has 3 rings (SSSR count). The van der Waals surface area contributed by atoms with Crippen molar-refractivity contribution < 1.29 is 14.5 Å². The minimum atomic E-state index is -0.633. The average Bonchev–Trinajstić information content (AvgIpc) is 2.60. The largest absolute Gasteiger partial charge is 0.449 e. The first-order valence-corrected chi connectivity index (χ1v) is 7.62. The smallest absolute Gasteiger partial charge is 0.334 e. The fourth-order valence-electron chi connectivity index (χ4n) is 2.75. The minimum absolute atomic E-state index is 0.00222. The molecule has 1 aliphatic rings. The summed E-state index contributed by atoms with van der Waals surface area (Å²) < 4.78 is 5.79. The monoisotopic (exact) mass is 339 g/mol. The highest BCUT2D eigenvalue weighted by molar-refractivity contribution is 5.82. The molecule has 1 heterocycles. The zero-order valence-electron chi connectivity index (χ0n) is 13.8. The third-order valence-corrected chi connectivity index (χ3v) is 4.09. The molecule has 2 N–H and O–H groups in total. The van der Waals surface area contributed by atoms with Gasteiger partial charge in [-0.05, 0) is 36.4 Å². The van der Waals surface area contributed by atoms with Crippen molar-refractivity contribution in [1.82, 2.24) is 0 Å². The van der Waals surface area contributed by atoms with Gasteiger partial charge in [-0.3, -0.25) is 10.1 Å². The number of carbonyl (C=O) groups is 1. The maximum Gasteiger partial charge on any atom is 0.334 e. The molecule has 1 unspecified atom stereocenters. The number of ether oxygens (including phenoxy) is 1. The van der Waals surface area contributed by atoms with Crippen molar-refractivity contribution in [2.24, 2.45) is 0 Å². The topological polar surface area (TPSA) is 98.7 Å². The number of anilines is 2. The lowest BCUT2D eigenvalue weighted by Gasteiger charge is -2.22. The zero-order chi connectivity index (χ0) is 18.1. The number of hydrogen-bond donors (Lipinski definition) is 1. The summed E-state index contributed by atoms with van der Waals surface area (Å²) in [6.45, 7) is 0. The van der Waals surface area contributed by atoms with Gasteiger partial charge in [0.25, 0.3) is 0 Å². The van der Waals surface area contributed by atoms with E-state index < -0.39 is 10.8 Å². The molecule has 0 saturated heterocycles. The molecular formula is C18H17N3O4. The van der Waals surface area contributed by atoms with Crippen LogP contribution in [0.1, 0.15) is 17.0 Å². The van der Waals surface area contributed by atoms with Crippen LogP contribution in [0.3, 0.4) is 0 Å². The molecule has 7 nitrogen and oxygen atoms in total. The number of nitro groups is 1. The van der Waals surface area contributed by atoms with Gasteiger partial charge < -0.3 is 20.2 Å². The predicted molar refractivity (Wildman–Crippen MR) is 95.7 cm³/mol. The third kappa shape index (κ3) is 2.91. The molecule has 0 saturated carbocycles. The highest BCUT2D eigenvalue weighted by atomic mass is 16.6. The summed E-state index contributed by atoms with van der Waals surface area (Å²) in [6.07, 6.45) is 2.38. The van der Waals surface area contributed by atoms with Gasteiger partial charge >= 0.3 is 5.69 Å². The van der Waals surface area contributed by atoms with E-state index in [9.17, 15) is 14.9 Å². The maximum atomic E-state index is 11.5. The minimum Gasteiger partial charge on any atom is -0.449 e. The summed E-state index contributed by atoms with van der Waals surface area (Å²) in [5.74, 6) is -0.216. The first kappa shape index (κ1) is 16.5. The number of nitrogens with two attached hydrogens (primary N) is 1. The van der Waals surface area contributed by atoms with E-state index in [0.717, 1.165) is 17.5 Å². The van der Waals surface area contributed by atoms with Crippen LogP contribution in [0.5, 0.6) is 5.75 Å². The van der Waals surface area contributed by atoms with E-state index in [-0.39, 0.29) is 17.1 Å². The van der Waals surface area contributed by atoms with E-state index in [1.165, 1.54) is 6.07 Å². The molecule has 128 valence electrons. The highest BCUT2D eigenvalue weighted by Crippen LogP contribution is 2.45. The number of benzene rings is 2. The second kappa shape index (κ2) is 6.27. The Labute approximate surface area is 144 Å². The lowest BCUT2D eigenvalue weighted by Crippen LogP contribution is -2.13. The molecule has 7 heteroatoms. The number of allylic oxidation sites excluding steroid dienone is 1. The zero-order valence-corrected chi connectivity index (χ0v) is 13.8. The molecule has 0 spiro atoms. The lowest BCUT2D eigenvalue weighted by atomic mass is 9.94. The Balaban J connectivity index is 2.08. The first-order chi connectivity index (χ1) is 11.9. The second-order valence-corrected chi connectivity index (χ2v) is 5.92. The molecule has 1 aliphatic heterocycles. The number of nitrogens with zero attached hydrogens (tertiary/aromatic N) is 2. The normalized spacial score (nSPS) is 15.6. The van der Waals surface area contributed by atoms with Crippen molar-refractivity contribution in [3.8, 4) is 5.75 Å². The predicted octanol–water partition coefficient (Wildman–Crippen LogP) is 2.96. The van der Waals surface area contributed by atoms with Crippen LogP contribution in [-0.2, 0) is 4.79 Å². The number of nitro benzene ring substituents is 1. The van der Waals surface area contributed by atoms with E-state index >= 15 is 0 Å². The third-order valence-electron chi connectivity index (χ3n) is 4.09. The van der Waals surface area contributed by atoms with E-state index in [2.05, 4.69) is 0 Å². The molecule has 0 aromatic heterocycles. The van der Waals surface area contributed by atoms with Gasteiger partial charge in [0.1, 0.15) is 17.7 Å². The van der Waals surface area contributed by atoms with Crippen molar-refractivity contribution in [2.45, 2.75) is 5.92 Å². The number of carbonyl (C=O) groups excluding carboxylic acids is 1. The van der Waals surface area contributed by atoms with Crippen molar-refractivity contribution in [3.05, 3.63) is 63.7 Å². The Kier molecular flexibility index (Phi) is 4.14. The van der Waals surface area contributed by atoms with Crippen LogP contribution in [-0.4, -0.2) is 25.3 Å². The summed E-state index contributed by atoms with van der Waals surface area (Å²) in [5, 5.41) is 11.4. The summed E-state index contributed by atoms with van der Waals surface area (Å²) >= 11 is 0. The molecule has 2 aromatic carbocycles. The van der Waals surface area contributed by atoms with Crippen LogP contribution in [0.2, 0.25) is 0 Å². The number of hydrogen-bond acceptors (Lipinski definition) is 6. The van der Waals surface area contributed by atoms with Crippen molar-refractivity contribution in [1.29, 1.82) is 0 Å². The summed E-state index contributed by atoms with van der Waals surface area (Å²) in [4.78, 5) is 24.2. The van der Waals surface area contributed by atoms with E-state index in [0.29, 0.717) is 11.3 Å². The second-order valence-electron chi connectivity index (χ2n) is 5.92. The fourth-order valence-corrected chi connectivity index (χ4v) is 2.75. The van der Waals surface area contributed by atoms with Gasteiger partial charge in [-0.2, -0.15) is 0 Å². The Bertz CT molecular complexity index is 873. The maximum absolute atomic E-state index is 11.5. The van der Waals surface area contributed by atoms with Gasteiger partial charge in [0, 0.05) is 30.9 Å². The summed E-state index contributed by atoms with van der Waals surface area (Å²) in [5.41, 5.74) is 7.57.